The summed E-state index contributed by atoms with van der Waals surface area (Å²) in [4.78, 5) is 10.8. The van der Waals surface area contributed by atoms with Gasteiger partial charge in [0.15, 0.2) is 0 Å². The molecule has 0 aliphatic heterocycles. The van der Waals surface area contributed by atoms with Gasteiger partial charge in [0.05, 0.1) is 7.11 Å². The fourth-order valence-electron chi connectivity index (χ4n) is 1.13. The van der Waals surface area contributed by atoms with E-state index in [1.54, 1.807) is 0 Å². The van der Waals surface area contributed by atoms with Gasteiger partial charge in [0.2, 0.25) is 5.82 Å². The first-order valence-corrected chi connectivity index (χ1v) is 4.26. The number of carboxylic acid groups (broad SMARTS) is 1. The van der Waals surface area contributed by atoms with Crippen molar-refractivity contribution in [1.82, 2.24) is 14.8 Å². The quantitative estimate of drug-likeness (QED) is 0.770. The molecule has 0 unspecified atom stereocenters. The van der Waals surface area contributed by atoms with Gasteiger partial charge >= 0.3 is 12.0 Å². The Morgan fingerprint density at radius 3 is 2.64 bits per heavy atom. The van der Waals surface area contributed by atoms with Crippen LogP contribution in [0.2, 0.25) is 0 Å². The van der Waals surface area contributed by atoms with Crippen molar-refractivity contribution < 1.29 is 14.6 Å². The maximum absolute atomic E-state index is 10.8. The van der Waals surface area contributed by atoms with Crippen LogP contribution in [0.15, 0.2) is 0 Å². The maximum atomic E-state index is 10.8. The molecule has 0 spiro atoms. The smallest absolute Gasteiger partial charge is 0.374 e. The summed E-state index contributed by atoms with van der Waals surface area (Å²) >= 11 is 0. The number of carboxylic acids is 1. The van der Waals surface area contributed by atoms with Gasteiger partial charge in [-0.05, 0) is 5.92 Å². The summed E-state index contributed by atoms with van der Waals surface area (Å²) in [5, 5.41) is 16.0. The van der Waals surface area contributed by atoms with Gasteiger partial charge in [-0.1, -0.05) is 18.9 Å². The predicted octanol–water partition coefficient (Wildman–Crippen LogP) is 0.641. The highest BCUT2D eigenvalue weighted by molar-refractivity contribution is 5.83. The zero-order chi connectivity index (χ0) is 10.7. The molecule has 0 aliphatic rings. The lowest BCUT2D eigenvalue weighted by Crippen LogP contribution is -2.14. The van der Waals surface area contributed by atoms with E-state index in [2.05, 4.69) is 10.2 Å². The summed E-state index contributed by atoms with van der Waals surface area (Å²) in [7, 11) is 1.44. The van der Waals surface area contributed by atoms with Gasteiger partial charge < -0.3 is 9.84 Å². The van der Waals surface area contributed by atoms with E-state index in [9.17, 15) is 4.79 Å². The van der Waals surface area contributed by atoms with E-state index in [1.807, 2.05) is 13.8 Å². The van der Waals surface area contributed by atoms with Crippen LogP contribution in [0, 0.1) is 5.92 Å². The Morgan fingerprint density at radius 1 is 1.57 bits per heavy atom. The minimum Gasteiger partial charge on any atom is -0.475 e. The third kappa shape index (κ3) is 2.01. The molecule has 14 heavy (non-hydrogen) atoms. The Hall–Kier alpha value is -1.59. The molecular formula is C8H13N3O3. The van der Waals surface area contributed by atoms with Crippen molar-refractivity contribution in [3.8, 4) is 6.01 Å². The van der Waals surface area contributed by atoms with E-state index < -0.39 is 5.97 Å². The number of aromatic nitrogens is 3. The van der Waals surface area contributed by atoms with Crippen LogP contribution in [-0.4, -0.2) is 33.0 Å². The summed E-state index contributed by atoms with van der Waals surface area (Å²) in [5.74, 6) is -0.880. The van der Waals surface area contributed by atoms with Crippen molar-refractivity contribution in [2.24, 2.45) is 5.92 Å². The summed E-state index contributed by atoms with van der Waals surface area (Å²) in [5.41, 5.74) is 0. The van der Waals surface area contributed by atoms with E-state index in [0.717, 1.165) is 0 Å². The van der Waals surface area contributed by atoms with Crippen LogP contribution in [0.25, 0.3) is 0 Å². The standard InChI is InChI=1S/C8H13N3O3/c1-5(2)4-11-6(7(12)13)9-10-8(11)14-3/h5H,4H2,1-3H3,(H,12,13). The molecule has 0 radical (unpaired) electrons. The number of hydrogen-bond donors (Lipinski definition) is 1. The van der Waals surface area contributed by atoms with Gasteiger partial charge in [-0.2, -0.15) is 0 Å². The lowest BCUT2D eigenvalue weighted by Gasteiger charge is -2.09. The molecule has 78 valence electrons. The number of carbonyl (C=O) groups is 1. The second-order valence-electron chi connectivity index (χ2n) is 3.32. The first kappa shape index (κ1) is 10.5. The van der Waals surface area contributed by atoms with Gasteiger partial charge in [-0.15, -0.1) is 5.10 Å². The lowest BCUT2D eigenvalue weighted by atomic mass is 10.2. The monoisotopic (exact) mass is 199 g/mol. The molecular weight excluding hydrogens is 186 g/mol. The Kier molecular flexibility index (Phi) is 3.06. The third-order valence-electron chi connectivity index (χ3n) is 1.64. The number of methoxy groups -OCH3 is 1. The third-order valence-corrected chi connectivity index (χ3v) is 1.64. The molecule has 1 N–H and O–H groups in total. The first-order valence-electron chi connectivity index (χ1n) is 4.26. The van der Waals surface area contributed by atoms with Crippen LogP contribution in [0.4, 0.5) is 0 Å². The molecule has 0 fully saturated rings. The fourth-order valence-corrected chi connectivity index (χ4v) is 1.13. The minimum atomic E-state index is -1.10. The number of nitrogens with zero attached hydrogens (tertiary/aromatic N) is 3. The zero-order valence-electron chi connectivity index (χ0n) is 8.39. The van der Waals surface area contributed by atoms with Crippen molar-refractivity contribution in [2.45, 2.75) is 20.4 Å². The van der Waals surface area contributed by atoms with E-state index in [4.69, 9.17) is 9.84 Å². The summed E-state index contributed by atoms with van der Waals surface area (Å²) < 4.78 is 6.35. The van der Waals surface area contributed by atoms with Gasteiger partial charge in [0.25, 0.3) is 0 Å². The van der Waals surface area contributed by atoms with E-state index >= 15 is 0 Å². The largest absolute Gasteiger partial charge is 0.475 e. The molecule has 1 aromatic heterocycles. The molecule has 1 heterocycles. The van der Waals surface area contributed by atoms with Crippen molar-refractivity contribution in [1.29, 1.82) is 0 Å². The lowest BCUT2D eigenvalue weighted by molar-refractivity contribution is 0.0675. The van der Waals surface area contributed by atoms with Crippen LogP contribution in [-0.2, 0) is 6.54 Å². The molecule has 1 rings (SSSR count). The number of hydrogen-bond acceptors (Lipinski definition) is 4. The molecule has 0 aromatic carbocycles. The minimum absolute atomic E-state index is 0.0875. The fraction of sp³-hybridized carbons (Fsp3) is 0.625. The van der Waals surface area contributed by atoms with Crippen LogP contribution >= 0.6 is 0 Å². The van der Waals surface area contributed by atoms with Crippen molar-refractivity contribution in [3.63, 3.8) is 0 Å². The molecule has 0 aliphatic carbocycles. The summed E-state index contributed by atoms with van der Waals surface area (Å²) in [6.07, 6.45) is 0. The van der Waals surface area contributed by atoms with Crippen LogP contribution < -0.4 is 4.74 Å². The van der Waals surface area contributed by atoms with E-state index in [1.165, 1.54) is 11.7 Å². The van der Waals surface area contributed by atoms with E-state index in [-0.39, 0.29) is 11.8 Å². The van der Waals surface area contributed by atoms with Crippen LogP contribution in [0.3, 0.4) is 0 Å². The van der Waals surface area contributed by atoms with Crippen molar-refractivity contribution in [2.75, 3.05) is 7.11 Å². The van der Waals surface area contributed by atoms with Crippen LogP contribution in [0.1, 0.15) is 24.5 Å². The molecule has 6 heteroatoms. The van der Waals surface area contributed by atoms with Crippen LogP contribution in [0.5, 0.6) is 6.01 Å². The Labute approximate surface area is 81.5 Å². The zero-order valence-corrected chi connectivity index (χ0v) is 8.39. The maximum Gasteiger partial charge on any atom is 0.374 e. The Morgan fingerprint density at radius 2 is 2.21 bits per heavy atom. The Balaban J connectivity index is 3.06. The Bertz CT molecular complexity index is 333. The normalized spacial score (nSPS) is 10.6. The topological polar surface area (TPSA) is 77.2 Å². The average Bonchev–Trinajstić information content (AvgIpc) is 2.46. The highest BCUT2D eigenvalue weighted by Gasteiger charge is 2.18. The van der Waals surface area contributed by atoms with E-state index in [0.29, 0.717) is 12.5 Å². The summed E-state index contributed by atoms with van der Waals surface area (Å²) in [6.45, 7) is 4.48. The molecule has 6 nitrogen and oxygen atoms in total. The molecule has 0 atom stereocenters. The van der Waals surface area contributed by atoms with Gasteiger partial charge in [-0.25, -0.2) is 4.79 Å². The number of aromatic carboxylic acids is 1. The highest BCUT2D eigenvalue weighted by atomic mass is 16.5. The average molecular weight is 199 g/mol. The van der Waals surface area contributed by atoms with Gasteiger partial charge in [-0.3, -0.25) is 4.57 Å². The summed E-state index contributed by atoms with van der Waals surface area (Å²) in [6, 6.07) is 0.232. The first-order chi connectivity index (χ1) is 6.56. The molecule has 0 saturated heterocycles. The second-order valence-corrected chi connectivity index (χ2v) is 3.32. The second kappa shape index (κ2) is 4.08. The number of rotatable bonds is 4. The SMILES string of the molecule is COc1nnc(C(=O)O)n1CC(C)C. The van der Waals surface area contributed by atoms with Gasteiger partial charge in [0, 0.05) is 6.54 Å². The number of ether oxygens (including phenoxy) is 1. The molecule has 1 aromatic rings. The van der Waals surface area contributed by atoms with Crippen molar-refractivity contribution >= 4 is 5.97 Å². The highest BCUT2D eigenvalue weighted by Crippen LogP contribution is 2.12. The van der Waals surface area contributed by atoms with Gasteiger partial charge in [0.1, 0.15) is 0 Å². The molecule has 0 saturated carbocycles. The van der Waals surface area contributed by atoms with Crippen molar-refractivity contribution in [3.05, 3.63) is 5.82 Å². The molecule has 0 amide bonds. The predicted molar refractivity (Wildman–Crippen MR) is 48.4 cm³/mol. The molecule has 0 bridgehead atoms.